The lowest BCUT2D eigenvalue weighted by molar-refractivity contribution is -0.143. The molecule has 1 amide bonds. The van der Waals surface area contributed by atoms with Crippen molar-refractivity contribution in [1.82, 2.24) is 5.32 Å². The third-order valence-electron chi connectivity index (χ3n) is 5.68. The molecule has 1 aliphatic rings. The maximum Gasteiger partial charge on any atom is 0.339 e. The largest absolute Gasteiger partial charge is 0.480 e. The van der Waals surface area contributed by atoms with Crippen LogP contribution < -0.4 is 15.7 Å². The SMILES string of the molecule is Cc1c(OC(C)C(=O)N[C@H](C(=O)O)c2ccccc2)ccc2c3c(c(=O)oc12)CCC3. The van der Waals surface area contributed by atoms with Gasteiger partial charge in [-0.3, -0.25) is 4.79 Å². The molecule has 4 rings (SSSR count). The monoisotopic (exact) mass is 421 g/mol. The Bertz CT molecular complexity index is 1210. The highest BCUT2D eigenvalue weighted by Gasteiger charge is 2.26. The first-order valence-corrected chi connectivity index (χ1v) is 10.2. The molecule has 7 heteroatoms. The molecule has 1 unspecified atom stereocenters. The fourth-order valence-corrected chi connectivity index (χ4v) is 4.03. The standard InChI is InChI=1S/C24H23NO6/c1-13-19(12-11-17-16-9-6-10-18(16)24(29)31-21(13)17)30-14(2)22(26)25-20(23(27)28)15-7-4-3-5-8-15/h3-5,7-8,11-12,14,20H,6,9-10H2,1-2H3,(H,25,26)(H,27,28)/t14?,20-/m0/s1. The molecule has 1 aliphatic carbocycles. The van der Waals surface area contributed by atoms with E-state index in [2.05, 4.69) is 5.32 Å². The van der Waals surface area contributed by atoms with Crippen molar-refractivity contribution in [3.63, 3.8) is 0 Å². The van der Waals surface area contributed by atoms with Gasteiger partial charge in [-0.05, 0) is 56.4 Å². The van der Waals surface area contributed by atoms with Crippen LogP contribution in [0.2, 0.25) is 0 Å². The lowest BCUT2D eigenvalue weighted by Gasteiger charge is -2.20. The number of aliphatic carboxylic acids is 1. The average Bonchev–Trinajstić information content (AvgIpc) is 3.25. The van der Waals surface area contributed by atoms with E-state index in [1.165, 1.54) is 0 Å². The van der Waals surface area contributed by atoms with Crippen LogP contribution >= 0.6 is 0 Å². The van der Waals surface area contributed by atoms with E-state index in [1.54, 1.807) is 50.2 Å². The van der Waals surface area contributed by atoms with Crippen molar-refractivity contribution in [1.29, 1.82) is 0 Å². The van der Waals surface area contributed by atoms with Crippen LogP contribution in [0.15, 0.2) is 51.7 Å². The number of fused-ring (bicyclic) bond motifs is 3. The quantitative estimate of drug-likeness (QED) is 0.592. The van der Waals surface area contributed by atoms with E-state index in [4.69, 9.17) is 9.15 Å². The summed E-state index contributed by atoms with van der Waals surface area (Å²) in [5.74, 6) is -1.32. The molecule has 1 heterocycles. The van der Waals surface area contributed by atoms with Crippen molar-refractivity contribution >= 4 is 22.8 Å². The molecule has 2 N–H and O–H groups in total. The molecule has 7 nitrogen and oxygen atoms in total. The third-order valence-corrected chi connectivity index (χ3v) is 5.68. The normalized spacial score (nSPS) is 14.6. The molecule has 0 radical (unpaired) electrons. The number of aryl methyl sites for hydroxylation is 2. The van der Waals surface area contributed by atoms with Gasteiger partial charge in [0.05, 0.1) is 0 Å². The average molecular weight is 421 g/mol. The van der Waals surface area contributed by atoms with Crippen LogP contribution in [0.5, 0.6) is 5.75 Å². The lowest BCUT2D eigenvalue weighted by Crippen LogP contribution is -2.41. The molecule has 2 aromatic carbocycles. The van der Waals surface area contributed by atoms with Gasteiger partial charge in [0.15, 0.2) is 12.1 Å². The van der Waals surface area contributed by atoms with Gasteiger partial charge in [-0.1, -0.05) is 30.3 Å². The molecular weight excluding hydrogens is 398 g/mol. The first-order chi connectivity index (χ1) is 14.9. The Morgan fingerprint density at radius 2 is 1.81 bits per heavy atom. The van der Waals surface area contributed by atoms with Gasteiger partial charge in [0, 0.05) is 16.5 Å². The molecule has 0 aliphatic heterocycles. The van der Waals surface area contributed by atoms with E-state index >= 15 is 0 Å². The Kier molecular flexibility index (Phi) is 5.50. The summed E-state index contributed by atoms with van der Waals surface area (Å²) in [6.45, 7) is 3.32. The van der Waals surface area contributed by atoms with Gasteiger partial charge in [-0.25, -0.2) is 9.59 Å². The number of hydrogen-bond donors (Lipinski definition) is 2. The fraction of sp³-hybridized carbons (Fsp3) is 0.292. The van der Waals surface area contributed by atoms with Crippen LogP contribution in [-0.4, -0.2) is 23.1 Å². The number of carboxylic acid groups (broad SMARTS) is 1. The third kappa shape index (κ3) is 3.91. The maximum absolute atomic E-state index is 12.6. The van der Waals surface area contributed by atoms with Gasteiger partial charge in [0.2, 0.25) is 0 Å². The van der Waals surface area contributed by atoms with Crippen LogP contribution in [0.4, 0.5) is 0 Å². The summed E-state index contributed by atoms with van der Waals surface area (Å²) in [4.78, 5) is 36.6. The molecule has 1 aromatic heterocycles. The van der Waals surface area contributed by atoms with Crippen LogP contribution in [0.25, 0.3) is 11.0 Å². The van der Waals surface area contributed by atoms with Gasteiger partial charge >= 0.3 is 11.6 Å². The Hall–Kier alpha value is -3.61. The maximum atomic E-state index is 12.6. The van der Waals surface area contributed by atoms with Crippen LogP contribution in [0.3, 0.4) is 0 Å². The summed E-state index contributed by atoms with van der Waals surface area (Å²) >= 11 is 0. The number of amides is 1. The highest BCUT2D eigenvalue weighted by atomic mass is 16.5. The smallest absolute Gasteiger partial charge is 0.339 e. The molecule has 3 aromatic rings. The Morgan fingerprint density at radius 1 is 1.10 bits per heavy atom. The molecule has 0 bridgehead atoms. The lowest BCUT2D eigenvalue weighted by atomic mass is 10.0. The van der Waals surface area contributed by atoms with Crippen LogP contribution in [0, 0.1) is 6.92 Å². The van der Waals surface area contributed by atoms with Crippen LogP contribution in [-0.2, 0) is 22.4 Å². The summed E-state index contributed by atoms with van der Waals surface area (Å²) < 4.78 is 11.4. The number of nitrogens with one attached hydrogen (secondary N) is 1. The predicted octanol–water partition coefficient (Wildman–Crippen LogP) is 3.30. The molecule has 2 atom stereocenters. The minimum Gasteiger partial charge on any atom is -0.480 e. The van der Waals surface area contributed by atoms with E-state index in [-0.39, 0.29) is 5.63 Å². The summed E-state index contributed by atoms with van der Waals surface area (Å²) in [5.41, 5.74) is 3.00. The topological polar surface area (TPSA) is 106 Å². The van der Waals surface area contributed by atoms with Gasteiger partial charge in [0.25, 0.3) is 5.91 Å². The number of carbonyl (C=O) groups is 2. The number of rotatable bonds is 6. The van der Waals surface area contributed by atoms with Gasteiger partial charge < -0.3 is 19.6 Å². The van der Waals surface area contributed by atoms with Crippen molar-refractivity contribution in [2.24, 2.45) is 0 Å². The minimum atomic E-state index is -1.18. The molecule has 31 heavy (non-hydrogen) atoms. The van der Waals surface area contributed by atoms with Crippen molar-refractivity contribution in [2.75, 3.05) is 0 Å². The Labute approximate surface area is 178 Å². The Morgan fingerprint density at radius 3 is 2.52 bits per heavy atom. The zero-order chi connectivity index (χ0) is 22.1. The van der Waals surface area contributed by atoms with E-state index in [1.807, 2.05) is 6.07 Å². The fourth-order valence-electron chi connectivity index (χ4n) is 4.03. The number of ether oxygens (including phenoxy) is 1. The minimum absolute atomic E-state index is 0.321. The van der Waals surface area contributed by atoms with E-state index in [0.29, 0.717) is 22.5 Å². The van der Waals surface area contributed by atoms with Gasteiger partial charge in [-0.2, -0.15) is 0 Å². The second-order valence-electron chi connectivity index (χ2n) is 7.72. The summed E-state index contributed by atoms with van der Waals surface area (Å²) in [5, 5.41) is 12.9. The first kappa shape index (κ1) is 20.7. The summed E-state index contributed by atoms with van der Waals surface area (Å²) in [7, 11) is 0. The Balaban J connectivity index is 1.56. The molecule has 0 spiro atoms. The number of carbonyl (C=O) groups excluding carboxylic acids is 1. The molecule has 0 fully saturated rings. The summed E-state index contributed by atoms with van der Waals surface area (Å²) in [6, 6.07) is 10.9. The zero-order valence-corrected chi connectivity index (χ0v) is 17.3. The second-order valence-corrected chi connectivity index (χ2v) is 7.72. The molecule has 0 saturated heterocycles. The van der Waals surface area contributed by atoms with Crippen molar-refractivity contribution in [3.8, 4) is 5.75 Å². The zero-order valence-electron chi connectivity index (χ0n) is 17.3. The predicted molar refractivity (Wildman–Crippen MR) is 114 cm³/mol. The van der Waals surface area contributed by atoms with E-state index < -0.39 is 24.0 Å². The number of carboxylic acids is 1. The van der Waals surface area contributed by atoms with E-state index in [9.17, 15) is 19.5 Å². The van der Waals surface area contributed by atoms with Crippen molar-refractivity contribution in [2.45, 2.75) is 45.3 Å². The first-order valence-electron chi connectivity index (χ1n) is 10.2. The molecular formula is C24H23NO6. The number of benzene rings is 2. The van der Waals surface area contributed by atoms with Gasteiger partial charge in [-0.15, -0.1) is 0 Å². The summed E-state index contributed by atoms with van der Waals surface area (Å²) in [6.07, 6.45) is 1.54. The second kappa shape index (κ2) is 8.26. The van der Waals surface area contributed by atoms with Crippen LogP contribution in [0.1, 0.15) is 41.6 Å². The highest BCUT2D eigenvalue weighted by Crippen LogP contribution is 2.33. The molecule has 0 saturated carbocycles. The van der Waals surface area contributed by atoms with Crippen molar-refractivity contribution in [3.05, 3.63) is 75.1 Å². The van der Waals surface area contributed by atoms with Gasteiger partial charge in [0.1, 0.15) is 11.3 Å². The van der Waals surface area contributed by atoms with E-state index in [0.717, 1.165) is 35.8 Å². The highest BCUT2D eigenvalue weighted by molar-refractivity contribution is 5.88. The van der Waals surface area contributed by atoms with Crippen molar-refractivity contribution < 1.29 is 23.8 Å². The molecule has 160 valence electrons. The number of hydrogen-bond acceptors (Lipinski definition) is 5.